The van der Waals surface area contributed by atoms with E-state index in [2.05, 4.69) is 24.9 Å². The monoisotopic (exact) mass is 257 g/mol. The van der Waals surface area contributed by atoms with Crippen LogP contribution >= 0.6 is 0 Å². The molecule has 19 heavy (non-hydrogen) atoms. The Morgan fingerprint density at radius 3 is 3.00 bits per heavy atom. The fourth-order valence-electron chi connectivity index (χ4n) is 1.56. The third-order valence-corrected chi connectivity index (χ3v) is 2.37. The SMILES string of the molecule is O=C(O)c1ncccc1Oc1ncnc2nc[nH]c12. The molecule has 0 bridgehead atoms. The molecule has 0 atom stereocenters. The number of hydrogen-bond acceptors (Lipinski definition) is 6. The number of imidazole rings is 1. The van der Waals surface area contributed by atoms with Crippen LogP contribution in [0.3, 0.4) is 0 Å². The van der Waals surface area contributed by atoms with Gasteiger partial charge in [0, 0.05) is 6.20 Å². The van der Waals surface area contributed by atoms with Gasteiger partial charge < -0.3 is 14.8 Å². The summed E-state index contributed by atoms with van der Waals surface area (Å²) in [4.78, 5) is 29.5. The van der Waals surface area contributed by atoms with E-state index in [9.17, 15) is 4.79 Å². The molecule has 0 amide bonds. The number of carboxylic acid groups (broad SMARTS) is 1. The lowest BCUT2D eigenvalue weighted by Crippen LogP contribution is -2.03. The van der Waals surface area contributed by atoms with Gasteiger partial charge in [-0.05, 0) is 12.1 Å². The highest BCUT2D eigenvalue weighted by atomic mass is 16.5. The van der Waals surface area contributed by atoms with E-state index in [1.807, 2.05) is 0 Å². The topological polar surface area (TPSA) is 114 Å². The zero-order chi connectivity index (χ0) is 13.2. The lowest BCUT2D eigenvalue weighted by atomic mass is 10.3. The van der Waals surface area contributed by atoms with Gasteiger partial charge in [0.15, 0.2) is 17.1 Å². The molecule has 0 spiro atoms. The minimum absolute atomic E-state index is 0.101. The van der Waals surface area contributed by atoms with Crippen LogP contribution in [0.4, 0.5) is 0 Å². The number of aromatic nitrogens is 5. The van der Waals surface area contributed by atoms with E-state index in [0.717, 1.165) is 0 Å². The number of pyridine rings is 1. The number of fused-ring (bicyclic) bond motifs is 1. The van der Waals surface area contributed by atoms with E-state index in [1.54, 1.807) is 6.07 Å². The van der Waals surface area contributed by atoms with E-state index >= 15 is 0 Å². The van der Waals surface area contributed by atoms with Crippen molar-refractivity contribution in [2.75, 3.05) is 0 Å². The van der Waals surface area contributed by atoms with Crippen LogP contribution in [0.5, 0.6) is 11.6 Å². The average Bonchev–Trinajstić information content (AvgIpc) is 2.88. The molecule has 0 aliphatic heterocycles. The molecule has 3 aromatic heterocycles. The molecule has 8 heteroatoms. The maximum absolute atomic E-state index is 11.0. The quantitative estimate of drug-likeness (QED) is 0.725. The Morgan fingerprint density at radius 1 is 1.26 bits per heavy atom. The molecular weight excluding hydrogens is 250 g/mol. The third kappa shape index (κ3) is 1.95. The zero-order valence-corrected chi connectivity index (χ0v) is 9.44. The van der Waals surface area contributed by atoms with E-state index in [0.29, 0.717) is 11.2 Å². The van der Waals surface area contributed by atoms with Crippen molar-refractivity contribution in [2.45, 2.75) is 0 Å². The highest BCUT2D eigenvalue weighted by molar-refractivity contribution is 5.88. The van der Waals surface area contributed by atoms with Crippen molar-refractivity contribution in [3.8, 4) is 11.6 Å². The predicted molar refractivity (Wildman–Crippen MR) is 63.0 cm³/mol. The minimum Gasteiger partial charge on any atom is -0.476 e. The molecule has 0 fully saturated rings. The van der Waals surface area contributed by atoms with Crippen LogP contribution in [0.2, 0.25) is 0 Å². The molecule has 0 aromatic carbocycles. The smallest absolute Gasteiger partial charge is 0.358 e. The van der Waals surface area contributed by atoms with Crippen LogP contribution < -0.4 is 4.74 Å². The number of rotatable bonds is 3. The van der Waals surface area contributed by atoms with E-state index in [-0.39, 0.29) is 17.3 Å². The number of nitrogens with zero attached hydrogens (tertiary/aromatic N) is 4. The van der Waals surface area contributed by atoms with Crippen molar-refractivity contribution in [1.29, 1.82) is 0 Å². The van der Waals surface area contributed by atoms with Crippen LogP contribution in [0.1, 0.15) is 10.5 Å². The van der Waals surface area contributed by atoms with E-state index in [1.165, 1.54) is 24.9 Å². The summed E-state index contributed by atoms with van der Waals surface area (Å²) < 4.78 is 5.48. The average molecular weight is 257 g/mol. The summed E-state index contributed by atoms with van der Waals surface area (Å²) in [6.07, 6.45) is 4.12. The van der Waals surface area contributed by atoms with Crippen molar-refractivity contribution in [2.24, 2.45) is 0 Å². The maximum atomic E-state index is 11.0. The number of ether oxygens (including phenoxy) is 1. The summed E-state index contributed by atoms with van der Waals surface area (Å²) in [5, 5.41) is 9.02. The number of hydrogen-bond donors (Lipinski definition) is 2. The van der Waals surface area contributed by atoms with Crippen molar-refractivity contribution >= 4 is 17.1 Å². The number of carbonyl (C=O) groups is 1. The Bertz CT molecular complexity index is 755. The Labute approximate surface area is 106 Å². The molecule has 0 unspecified atom stereocenters. The first-order valence-electron chi connectivity index (χ1n) is 5.26. The normalized spacial score (nSPS) is 10.5. The van der Waals surface area contributed by atoms with Gasteiger partial charge in [-0.1, -0.05) is 0 Å². The van der Waals surface area contributed by atoms with Gasteiger partial charge in [0.05, 0.1) is 6.33 Å². The van der Waals surface area contributed by atoms with Gasteiger partial charge in [0.25, 0.3) is 0 Å². The summed E-state index contributed by atoms with van der Waals surface area (Å²) in [6.45, 7) is 0. The molecule has 8 nitrogen and oxygen atoms in total. The molecule has 94 valence electrons. The predicted octanol–water partition coefficient (Wildman–Crippen LogP) is 1.24. The fourth-order valence-corrected chi connectivity index (χ4v) is 1.56. The molecule has 0 saturated heterocycles. The van der Waals surface area contributed by atoms with Crippen molar-refractivity contribution in [3.63, 3.8) is 0 Å². The second-order valence-corrected chi connectivity index (χ2v) is 3.54. The van der Waals surface area contributed by atoms with Crippen LogP contribution in [0.25, 0.3) is 11.2 Å². The highest BCUT2D eigenvalue weighted by Gasteiger charge is 2.15. The summed E-state index contributed by atoms with van der Waals surface area (Å²) in [6, 6.07) is 3.08. The maximum Gasteiger partial charge on any atom is 0.358 e. The Kier molecular flexibility index (Phi) is 2.53. The van der Waals surface area contributed by atoms with Crippen molar-refractivity contribution < 1.29 is 14.6 Å². The summed E-state index contributed by atoms with van der Waals surface area (Å²) in [7, 11) is 0. The van der Waals surface area contributed by atoms with Gasteiger partial charge in [0.1, 0.15) is 11.8 Å². The molecule has 3 aromatic rings. The second kappa shape index (κ2) is 4.33. The van der Waals surface area contributed by atoms with Gasteiger partial charge >= 0.3 is 5.97 Å². The van der Waals surface area contributed by atoms with Gasteiger partial charge in [-0.15, -0.1) is 0 Å². The molecule has 3 rings (SSSR count). The van der Waals surface area contributed by atoms with Crippen LogP contribution in [0, 0.1) is 0 Å². The van der Waals surface area contributed by atoms with Crippen LogP contribution in [-0.2, 0) is 0 Å². The molecule has 0 radical (unpaired) electrons. The molecule has 0 aliphatic carbocycles. The van der Waals surface area contributed by atoms with E-state index in [4.69, 9.17) is 9.84 Å². The van der Waals surface area contributed by atoms with Crippen LogP contribution in [-0.4, -0.2) is 36.0 Å². The standard InChI is InChI=1S/C11H7N5O3/c17-11(18)7-6(2-1-3-12-7)19-10-8-9(14-4-13-8)15-5-16-10/h1-5H,(H,17,18)(H,13,14,15,16). The molecular formula is C11H7N5O3. The summed E-state index contributed by atoms with van der Waals surface area (Å²) in [5.41, 5.74) is 0.738. The van der Waals surface area contributed by atoms with Crippen molar-refractivity contribution in [3.05, 3.63) is 36.7 Å². The number of aromatic amines is 1. The molecule has 0 aliphatic rings. The van der Waals surface area contributed by atoms with E-state index < -0.39 is 5.97 Å². The lowest BCUT2D eigenvalue weighted by molar-refractivity contribution is 0.0687. The van der Waals surface area contributed by atoms with Gasteiger partial charge in [-0.2, -0.15) is 4.98 Å². The summed E-state index contributed by atoms with van der Waals surface area (Å²) in [5.74, 6) is -0.881. The molecule has 3 heterocycles. The van der Waals surface area contributed by atoms with Gasteiger partial charge in [-0.3, -0.25) is 0 Å². The minimum atomic E-state index is -1.18. The Hall–Kier alpha value is -3.03. The van der Waals surface area contributed by atoms with Gasteiger partial charge in [-0.25, -0.2) is 19.7 Å². The first-order chi connectivity index (χ1) is 9.25. The third-order valence-electron chi connectivity index (χ3n) is 2.37. The first-order valence-corrected chi connectivity index (χ1v) is 5.26. The summed E-state index contributed by atoms with van der Waals surface area (Å²) >= 11 is 0. The van der Waals surface area contributed by atoms with Crippen LogP contribution in [0.15, 0.2) is 31.0 Å². The largest absolute Gasteiger partial charge is 0.476 e. The number of H-pyrrole nitrogens is 1. The Balaban J connectivity index is 2.06. The first kappa shape index (κ1) is 11.1. The number of carboxylic acids is 1. The van der Waals surface area contributed by atoms with Crippen molar-refractivity contribution in [1.82, 2.24) is 24.9 Å². The highest BCUT2D eigenvalue weighted by Crippen LogP contribution is 2.26. The number of aromatic carboxylic acids is 1. The second-order valence-electron chi connectivity index (χ2n) is 3.54. The zero-order valence-electron chi connectivity index (χ0n) is 9.44. The number of nitrogens with one attached hydrogen (secondary N) is 1. The fraction of sp³-hybridized carbons (Fsp3) is 0. The van der Waals surface area contributed by atoms with Gasteiger partial charge in [0.2, 0.25) is 5.88 Å². The lowest BCUT2D eigenvalue weighted by Gasteiger charge is -2.06. The Morgan fingerprint density at radius 2 is 2.16 bits per heavy atom. The molecule has 2 N–H and O–H groups in total. The molecule has 0 saturated carbocycles.